The first kappa shape index (κ1) is 13.6. The number of amides is 1. The van der Waals surface area contributed by atoms with E-state index in [-0.39, 0.29) is 17.9 Å². The van der Waals surface area contributed by atoms with E-state index in [1.807, 2.05) is 4.90 Å². The second-order valence-corrected chi connectivity index (χ2v) is 5.09. The van der Waals surface area contributed by atoms with Crippen LogP contribution in [0.1, 0.15) is 35.7 Å². The summed E-state index contributed by atoms with van der Waals surface area (Å²) < 4.78 is 0. The van der Waals surface area contributed by atoms with Crippen molar-refractivity contribution in [1.29, 1.82) is 0 Å². The van der Waals surface area contributed by atoms with E-state index < -0.39 is 5.97 Å². The van der Waals surface area contributed by atoms with Crippen LogP contribution in [0.5, 0.6) is 0 Å². The molecule has 1 N–H and O–H groups in total. The second kappa shape index (κ2) is 5.87. The first-order valence-electron chi connectivity index (χ1n) is 6.70. The van der Waals surface area contributed by atoms with E-state index in [1.54, 1.807) is 24.3 Å². The van der Waals surface area contributed by atoms with E-state index in [2.05, 4.69) is 6.92 Å². The molecule has 0 unspecified atom stereocenters. The summed E-state index contributed by atoms with van der Waals surface area (Å²) in [7, 11) is 0. The van der Waals surface area contributed by atoms with Crippen molar-refractivity contribution in [3.63, 3.8) is 0 Å². The molecule has 0 bridgehead atoms. The van der Waals surface area contributed by atoms with E-state index >= 15 is 0 Å². The number of carboxylic acid groups (broad SMARTS) is 1. The molecule has 1 atom stereocenters. The van der Waals surface area contributed by atoms with Gasteiger partial charge in [0, 0.05) is 13.1 Å². The molecular formula is C15H19NO3. The molecule has 0 spiro atoms. The van der Waals surface area contributed by atoms with Crippen LogP contribution in [0.3, 0.4) is 0 Å². The quantitative estimate of drug-likeness (QED) is 0.903. The summed E-state index contributed by atoms with van der Waals surface area (Å²) in [6, 6.07) is 6.61. The molecule has 0 aromatic heterocycles. The van der Waals surface area contributed by atoms with Crippen molar-refractivity contribution in [2.24, 2.45) is 5.92 Å². The maximum Gasteiger partial charge on any atom is 0.335 e. The fraction of sp³-hybridized carbons (Fsp3) is 0.467. The van der Waals surface area contributed by atoms with Gasteiger partial charge in [-0.15, -0.1) is 0 Å². The number of benzene rings is 1. The monoisotopic (exact) mass is 261 g/mol. The van der Waals surface area contributed by atoms with Crippen LogP contribution in [0.25, 0.3) is 0 Å². The Morgan fingerprint density at radius 2 is 2.21 bits per heavy atom. The molecule has 102 valence electrons. The first-order chi connectivity index (χ1) is 9.10. The molecule has 4 heteroatoms. The van der Waals surface area contributed by atoms with Gasteiger partial charge in [-0.25, -0.2) is 4.79 Å². The van der Waals surface area contributed by atoms with Crippen molar-refractivity contribution in [2.75, 3.05) is 13.1 Å². The molecule has 1 amide bonds. The van der Waals surface area contributed by atoms with Crippen molar-refractivity contribution in [3.8, 4) is 0 Å². The van der Waals surface area contributed by atoms with Gasteiger partial charge in [0.1, 0.15) is 0 Å². The minimum Gasteiger partial charge on any atom is -0.478 e. The van der Waals surface area contributed by atoms with Crippen molar-refractivity contribution in [2.45, 2.75) is 26.2 Å². The van der Waals surface area contributed by atoms with Crippen LogP contribution in [0.4, 0.5) is 0 Å². The van der Waals surface area contributed by atoms with Gasteiger partial charge in [-0.1, -0.05) is 25.5 Å². The lowest BCUT2D eigenvalue weighted by Crippen LogP contribution is -2.30. The molecule has 1 aliphatic rings. The summed E-state index contributed by atoms with van der Waals surface area (Å²) in [5.74, 6) is -0.241. The number of carbonyl (C=O) groups is 2. The van der Waals surface area contributed by atoms with Gasteiger partial charge in [0.05, 0.1) is 12.0 Å². The van der Waals surface area contributed by atoms with Gasteiger partial charge in [0.15, 0.2) is 0 Å². The van der Waals surface area contributed by atoms with Crippen molar-refractivity contribution >= 4 is 11.9 Å². The lowest BCUT2D eigenvalue weighted by Gasteiger charge is -2.16. The Hall–Kier alpha value is -1.84. The molecule has 1 saturated heterocycles. The predicted octanol–water partition coefficient (Wildman–Crippen LogP) is 2.19. The fourth-order valence-corrected chi connectivity index (χ4v) is 2.49. The molecule has 1 aromatic carbocycles. The second-order valence-electron chi connectivity index (χ2n) is 5.09. The highest BCUT2D eigenvalue weighted by molar-refractivity contribution is 5.88. The zero-order valence-corrected chi connectivity index (χ0v) is 11.1. The summed E-state index contributed by atoms with van der Waals surface area (Å²) in [6.07, 6.45) is 2.48. The number of carboxylic acids is 1. The number of hydrogen-bond acceptors (Lipinski definition) is 2. The third kappa shape index (κ3) is 3.34. The average molecular weight is 261 g/mol. The molecule has 4 nitrogen and oxygen atoms in total. The third-order valence-electron chi connectivity index (χ3n) is 3.75. The van der Waals surface area contributed by atoms with Crippen LogP contribution in [-0.2, 0) is 11.2 Å². The molecular weight excluding hydrogens is 242 g/mol. The van der Waals surface area contributed by atoms with Crippen LogP contribution in [0.15, 0.2) is 24.3 Å². The normalized spacial score (nSPS) is 18.6. The summed E-state index contributed by atoms with van der Waals surface area (Å²) in [6.45, 7) is 3.82. The number of rotatable bonds is 4. The highest BCUT2D eigenvalue weighted by Crippen LogP contribution is 2.20. The highest BCUT2D eigenvalue weighted by Gasteiger charge is 2.24. The van der Waals surface area contributed by atoms with Crippen molar-refractivity contribution in [3.05, 3.63) is 35.4 Å². The summed E-state index contributed by atoms with van der Waals surface area (Å²) in [4.78, 5) is 24.9. The lowest BCUT2D eigenvalue weighted by atomic mass is 10.1. The molecule has 2 rings (SSSR count). The lowest BCUT2D eigenvalue weighted by molar-refractivity contribution is -0.129. The van der Waals surface area contributed by atoms with Gasteiger partial charge in [-0.3, -0.25) is 4.79 Å². The van der Waals surface area contributed by atoms with Crippen LogP contribution >= 0.6 is 0 Å². The molecule has 1 fully saturated rings. The smallest absolute Gasteiger partial charge is 0.335 e. The van der Waals surface area contributed by atoms with Crippen LogP contribution in [0.2, 0.25) is 0 Å². The average Bonchev–Trinajstić information content (AvgIpc) is 2.88. The molecule has 0 radical (unpaired) electrons. The molecule has 0 saturated carbocycles. The van der Waals surface area contributed by atoms with Crippen molar-refractivity contribution < 1.29 is 14.7 Å². The van der Waals surface area contributed by atoms with E-state index in [9.17, 15) is 9.59 Å². The Balaban J connectivity index is 1.99. The zero-order chi connectivity index (χ0) is 13.8. The maximum atomic E-state index is 12.1. The number of likely N-dealkylation sites (tertiary alicyclic amines) is 1. The fourth-order valence-electron chi connectivity index (χ4n) is 2.49. The van der Waals surface area contributed by atoms with E-state index in [0.717, 1.165) is 31.5 Å². The van der Waals surface area contributed by atoms with Crippen LogP contribution in [-0.4, -0.2) is 35.0 Å². The number of nitrogens with zero attached hydrogens (tertiary/aromatic N) is 1. The SMILES string of the molecule is CC[C@@H]1CCN(C(=O)Cc2cccc(C(=O)O)c2)C1. The maximum absolute atomic E-state index is 12.1. The van der Waals surface area contributed by atoms with Gasteiger partial charge in [-0.05, 0) is 30.0 Å². The van der Waals surface area contributed by atoms with Gasteiger partial charge in [0.2, 0.25) is 5.91 Å². The highest BCUT2D eigenvalue weighted by atomic mass is 16.4. The molecule has 1 heterocycles. The molecule has 19 heavy (non-hydrogen) atoms. The minimum absolute atomic E-state index is 0.0958. The third-order valence-corrected chi connectivity index (χ3v) is 3.75. The van der Waals surface area contributed by atoms with Gasteiger partial charge in [0.25, 0.3) is 0 Å². The standard InChI is InChI=1S/C15H19NO3/c1-2-11-6-7-16(10-11)14(17)9-12-4-3-5-13(8-12)15(18)19/h3-5,8,11H,2,6-7,9-10H2,1H3,(H,18,19)/t11-/m1/s1. The van der Waals surface area contributed by atoms with Crippen LogP contribution < -0.4 is 0 Å². The summed E-state index contributed by atoms with van der Waals surface area (Å²) in [5, 5.41) is 8.93. The summed E-state index contributed by atoms with van der Waals surface area (Å²) >= 11 is 0. The Bertz CT molecular complexity index is 484. The predicted molar refractivity (Wildman–Crippen MR) is 72.1 cm³/mol. The topological polar surface area (TPSA) is 57.6 Å². The van der Waals surface area contributed by atoms with E-state index in [1.165, 1.54) is 0 Å². The summed E-state index contributed by atoms with van der Waals surface area (Å²) in [5.41, 5.74) is 1.00. The Labute approximate surface area is 113 Å². The number of hydrogen-bond donors (Lipinski definition) is 1. The van der Waals surface area contributed by atoms with E-state index in [0.29, 0.717) is 5.92 Å². The zero-order valence-electron chi connectivity index (χ0n) is 11.1. The molecule has 0 aliphatic carbocycles. The largest absolute Gasteiger partial charge is 0.478 e. The Morgan fingerprint density at radius 3 is 2.84 bits per heavy atom. The molecule has 1 aliphatic heterocycles. The van der Waals surface area contributed by atoms with Crippen molar-refractivity contribution in [1.82, 2.24) is 4.90 Å². The van der Waals surface area contributed by atoms with Crippen LogP contribution in [0, 0.1) is 5.92 Å². The van der Waals surface area contributed by atoms with Gasteiger partial charge in [-0.2, -0.15) is 0 Å². The Morgan fingerprint density at radius 1 is 1.42 bits per heavy atom. The number of aromatic carboxylic acids is 1. The Kier molecular flexibility index (Phi) is 4.20. The minimum atomic E-state index is -0.957. The molecule has 1 aromatic rings. The van der Waals surface area contributed by atoms with E-state index in [4.69, 9.17) is 5.11 Å². The van der Waals surface area contributed by atoms with Gasteiger partial charge < -0.3 is 10.0 Å². The first-order valence-corrected chi connectivity index (χ1v) is 6.70. The number of carbonyl (C=O) groups excluding carboxylic acids is 1. The van der Waals surface area contributed by atoms with Gasteiger partial charge >= 0.3 is 5.97 Å².